The molecule has 2 aromatic rings. The molecule has 0 aromatic heterocycles. The summed E-state index contributed by atoms with van der Waals surface area (Å²) < 4.78 is 15.4. The number of ether oxygens (including phenoxy) is 3. The highest BCUT2D eigenvalue weighted by Gasteiger charge is 2.19. The van der Waals surface area contributed by atoms with Crippen molar-refractivity contribution in [2.24, 2.45) is 0 Å². The molecule has 0 radical (unpaired) electrons. The van der Waals surface area contributed by atoms with Crippen LogP contribution in [0, 0.1) is 0 Å². The highest BCUT2D eigenvalue weighted by molar-refractivity contribution is 6.30. The topological polar surface area (TPSA) is 73.9 Å². The number of amides is 1. The number of para-hydroxylation sites is 1. The molecule has 26 heavy (non-hydrogen) atoms. The summed E-state index contributed by atoms with van der Waals surface area (Å²) in [6.07, 6.45) is 0. The van der Waals surface area contributed by atoms with E-state index in [1.807, 2.05) is 13.0 Å². The van der Waals surface area contributed by atoms with E-state index in [2.05, 4.69) is 5.32 Å². The SMILES string of the molecule is COc1cccc(C(=O)OCC(=O)N[C@H](C)c2cccc(Cl)c2)c1OC. The minimum Gasteiger partial charge on any atom is -0.493 e. The van der Waals surface area contributed by atoms with Crippen LogP contribution in [0.15, 0.2) is 42.5 Å². The largest absolute Gasteiger partial charge is 0.493 e. The molecule has 0 aliphatic rings. The van der Waals surface area contributed by atoms with Crippen molar-refractivity contribution in [1.82, 2.24) is 5.32 Å². The average molecular weight is 378 g/mol. The number of nitrogens with one attached hydrogen (secondary N) is 1. The Morgan fingerprint density at radius 3 is 2.50 bits per heavy atom. The van der Waals surface area contributed by atoms with Crippen molar-refractivity contribution < 1.29 is 23.8 Å². The van der Waals surface area contributed by atoms with Gasteiger partial charge in [-0.2, -0.15) is 0 Å². The smallest absolute Gasteiger partial charge is 0.342 e. The summed E-state index contributed by atoms with van der Waals surface area (Å²) >= 11 is 5.95. The van der Waals surface area contributed by atoms with Gasteiger partial charge in [-0.05, 0) is 36.8 Å². The van der Waals surface area contributed by atoms with Gasteiger partial charge in [0.25, 0.3) is 5.91 Å². The molecule has 0 saturated heterocycles. The minimum atomic E-state index is -0.675. The van der Waals surface area contributed by atoms with Crippen molar-refractivity contribution in [1.29, 1.82) is 0 Å². The van der Waals surface area contributed by atoms with Crippen molar-refractivity contribution in [3.63, 3.8) is 0 Å². The summed E-state index contributed by atoms with van der Waals surface area (Å²) in [7, 11) is 2.89. The molecule has 0 unspecified atom stereocenters. The molecule has 7 heteroatoms. The quantitative estimate of drug-likeness (QED) is 0.748. The number of methoxy groups -OCH3 is 2. The molecule has 0 aliphatic carbocycles. The van der Waals surface area contributed by atoms with E-state index in [1.165, 1.54) is 20.3 Å². The third-order valence-electron chi connectivity index (χ3n) is 3.68. The fourth-order valence-electron chi connectivity index (χ4n) is 2.40. The zero-order chi connectivity index (χ0) is 19.1. The molecule has 0 saturated carbocycles. The number of esters is 1. The number of benzene rings is 2. The van der Waals surface area contributed by atoms with Crippen molar-refractivity contribution in [2.45, 2.75) is 13.0 Å². The summed E-state index contributed by atoms with van der Waals surface area (Å²) in [6.45, 7) is 1.40. The van der Waals surface area contributed by atoms with Gasteiger partial charge in [-0.25, -0.2) is 4.79 Å². The summed E-state index contributed by atoms with van der Waals surface area (Å²) in [5.74, 6) is -0.437. The van der Waals surface area contributed by atoms with Gasteiger partial charge in [0.1, 0.15) is 5.56 Å². The number of hydrogen-bond donors (Lipinski definition) is 1. The maximum Gasteiger partial charge on any atom is 0.342 e. The molecule has 2 rings (SSSR count). The van der Waals surface area contributed by atoms with Crippen LogP contribution in [0.25, 0.3) is 0 Å². The van der Waals surface area contributed by atoms with Crippen molar-refractivity contribution >= 4 is 23.5 Å². The van der Waals surface area contributed by atoms with Crippen LogP contribution in [-0.4, -0.2) is 32.7 Å². The van der Waals surface area contributed by atoms with E-state index in [4.69, 9.17) is 25.8 Å². The van der Waals surface area contributed by atoms with E-state index in [0.29, 0.717) is 10.8 Å². The lowest BCUT2D eigenvalue weighted by Crippen LogP contribution is -2.31. The molecular weight excluding hydrogens is 358 g/mol. The van der Waals surface area contributed by atoms with Gasteiger partial charge in [0.05, 0.1) is 20.3 Å². The third-order valence-corrected chi connectivity index (χ3v) is 3.92. The van der Waals surface area contributed by atoms with Gasteiger partial charge in [0.2, 0.25) is 0 Å². The van der Waals surface area contributed by atoms with E-state index >= 15 is 0 Å². The first-order valence-corrected chi connectivity index (χ1v) is 8.27. The Morgan fingerprint density at radius 2 is 1.85 bits per heavy atom. The van der Waals surface area contributed by atoms with Gasteiger partial charge in [-0.1, -0.05) is 29.8 Å². The van der Waals surface area contributed by atoms with Crippen LogP contribution < -0.4 is 14.8 Å². The summed E-state index contributed by atoms with van der Waals surface area (Å²) in [5, 5.41) is 3.33. The maximum atomic E-state index is 12.2. The number of hydrogen-bond acceptors (Lipinski definition) is 5. The zero-order valence-electron chi connectivity index (χ0n) is 14.7. The fourth-order valence-corrected chi connectivity index (χ4v) is 2.60. The highest BCUT2D eigenvalue weighted by atomic mass is 35.5. The predicted octanol–water partition coefficient (Wildman–Crippen LogP) is 3.39. The number of halogens is 1. The maximum absolute atomic E-state index is 12.2. The van der Waals surface area contributed by atoms with Crippen LogP contribution in [0.5, 0.6) is 11.5 Å². The number of rotatable bonds is 7. The van der Waals surface area contributed by atoms with Crippen LogP contribution >= 0.6 is 11.6 Å². The van der Waals surface area contributed by atoms with Crippen molar-refractivity contribution in [3.8, 4) is 11.5 Å². The molecule has 6 nitrogen and oxygen atoms in total. The van der Waals surface area contributed by atoms with Crippen LogP contribution in [-0.2, 0) is 9.53 Å². The van der Waals surface area contributed by atoms with Crippen LogP contribution in [0.1, 0.15) is 28.9 Å². The van der Waals surface area contributed by atoms with E-state index in [1.54, 1.807) is 30.3 Å². The third kappa shape index (κ3) is 4.89. The second kappa shape index (κ2) is 9.10. The fraction of sp³-hybridized carbons (Fsp3) is 0.263. The molecule has 1 amide bonds. The van der Waals surface area contributed by atoms with Crippen molar-refractivity contribution in [2.75, 3.05) is 20.8 Å². The molecule has 1 atom stereocenters. The summed E-state index contributed by atoms with van der Waals surface area (Å²) in [6, 6.07) is 11.7. The molecule has 138 valence electrons. The van der Waals surface area contributed by atoms with Crippen LogP contribution in [0.4, 0.5) is 0 Å². The number of carbonyl (C=O) groups is 2. The van der Waals surface area contributed by atoms with Gasteiger partial charge in [-0.15, -0.1) is 0 Å². The summed E-state index contributed by atoms with van der Waals surface area (Å²) in [5.41, 5.74) is 1.04. The van der Waals surface area contributed by atoms with E-state index in [9.17, 15) is 9.59 Å². The van der Waals surface area contributed by atoms with Crippen LogP contribution in [0.3, 0.4) is 0 Å². The molecule has 2 aromatic carbocycles. The molecule has 0 bridgehead atoms. The Morgan fingerprint density at radius 1 is 1.12 bits per heavy atom. The number of carbonyl (C=O) groups excluding carboxylic acids is 2. The molecular formula is C19H20ClNO5. The second-order valence-corrected chi connectivity index (χ2v) is 5.90. The first-order valence-electron chi connectivity index (χ1n) is 7.89. The van der Waals surface area contributed by atoms with Gasteiger partial charge in [0, 0.05) is 5.02 Å². The lowest BCUT2D eigenvalue weighted by molar-refractivity contribution is -0.124. The lowest BCUT2D eigenvalue weighted by atomic mass is 10.1. The Labute approximate surface area is 157 Å². The zero-order valence-corrected chi connectivity index (χ0v) is 15.5. The van der Waals surface area contributed by atoms with E-state index < -0.39 is 18.5 Å². The summed E-state index contributed by atoms with van der Waals surface area (Å²) in [4.78, 5) is 24.3. The monoisotopic (exact) mass is 377 g/mol. The molecule has 0 heterocycles. The Hall–Kier alpha value is -2.73. The van der Waals surface area contributed by atoms with E-state index in [-0.39, 0.29) is 17.4 Å². The Balaban J connectivity index is 1.96. The predicted molar refractivity (Wildman–Crippen MR) is 97.8 cm³/mol. The lowest BCUT2D eigenvalue weighted by Gasteiger charge is -2.15. The van der Waals surface area contributed by atoms with Gasteiger partial charge in [-0.3, -0.25) is 4.79 Å². The first kappa shape index (κ1) is 19.6. The molecule has 1 N–H and O–H groups in total. The minimum absolute atomic E-state index is 0.183. The van der Waals surface area contributed by atoms with Gasteiger partial charge < -0.3 is 19.5 Å². The molecule has 0 aliphatic heterocycles. The normalized spacial score (nSPS) is 11.4. The van der Waals surface area contributed by atoms with E-state index in [0.717, 1.165) is 5.56 Å². The Bertz CT molecular complexity index is 793. The van der Waals surface area contributed by atoms with Crippen LogP contribution in [0.2, 0.25) is 5.02 Å². The first-order chi connectivity index (χ1) is 12.5. The van der Waals surface area contributed by atoms with Crippen molar-refractivity contribution in [3.05, 3.63) is 58.6 Å². The van der Waals surface area contributed by atoms with Gasteiger partial charge >= 0.3 is 5.97 Å². The standard InChI is InChI=1S/C19H20ClNO5/c1-12(13-6-4-7-14(20)10-13)21-17(22)11-26-19(23)15-8-5-9-16(24-2)18(15)25-3/h4-10,12H,11H2,1-3H3,(H,21,22)/t12-/m1/s1. The highest BCUT2D eigenvalue weighted by Crippen LogP contribution is 2.31. The Kier molecular flexibility index (Phi) is 6.86. The molecule has 0 fully saturated rings. The molecule has 0 spiro atoms. The van der Waals surface area contributed by atoms with Gasteiger partial charge in [0.15, 0.2) is 18.1 Å². The second-order valence-electron chi connectivity index (χ2n) is 5.46. The average Bonchev–Trinajstić information content (AvgIpc) is 2.65.